The van der Waals surface area contributed by atoms with Gasteiger partial charge in [-0.25, -0.2) is 4.79 Å². The lowest BCUT2D eigenvalue weighted by Gasteiger charge is -2.16. The van der Waals surface area contributed by atoms with Gasteiger partial charge in [-0.3, -0.25) is 9.59 Å². The van der Waals surface area contributed by atoms with E-state index < -0.39 is 24.5 Å². The smallest absolute Gasteiger partial charge is 0.374 e. The minimum absolute atomic E-state index is 0.0301. The fourth-order valence-electron chi connectivity index (χ4n) is 2.70. The van der Waals surface area contributed by atoms with Crippen molar-refractivity contribution in [2.24, 2.45) is 0 Å². The lowest BCUT2D eigenvalue weighted by Crippen LogP contribution is -2.43. The minimum Gasteiger partial charge on any atom is -0.450 e. The SMILES string of the molecule is CC(=O)[C@H](Cc1ccccc1)NC(=O)COC(=O)c1cc2cc(Cl)ccc2o1. The summed E-state index contributed by atoms with van der Waals surface area (Å²) < 4.78 is 10.4. The highest BCUT2D eigenvalue weighted by molar-refractivity contribution is 6.31. The maximum absolute atomic E-state index is 12.1. The molecule has 0 aliphatic carbocycles. The third kappa shape index (κ3) is 4.98. The number of benzene rings is 2. The summed E-state index contributed by atoms with van der Waals surface area (Å²) in [6.07, 6.45) is 0.361. The van der Waals surface area contributed by atoms with Gasteiger partial charge in [0, 0.05) is 10.4 Å². The van der Waals surface area contributed by atoms with E-state index in [1.165, 1.54) is 13.0 Å². The molecule has 1 N–H and O–H groups in total. The maximum Gasteiger partial charge on any atom is 0.374 e. The fourth-order valence-corrected chi connectivity index (χ4v) is 2.88. The largest absolute Gasteiger partial charge is 0.450 e. The average Bonchev–Trinajstić information content (AvgIpc) is 3.09. The Balaban J connectivity index is 1.57. The number of carbonyl (C=O) groups excluding carboxylic acids is 3. The first-order valence-electron chi connectivity index (χ1n) is 8.62. The third-order valence-corrected chi connectivity index (χ3v) is 4.36. The number of fused-ring (bicyclic) bond motifs is 1. The van der Waals surface area contributed by atoms with E-state index in [0.29, 0.717) is 22.4 Å². The fraction of sp³-hybridized carbons (Fsp3) is 0.190. The van der Waals surface area contributed by atoms with Crippen molar-refractivity contribution in [1.82, 2.24) is 5.32 Å². The van der Waals surface area contributed by atoms with Gasteiger partial charge in [-0.05, 0) is 43.2 Å². The molecule has 2 aromatic carbocycles. The number of rotatable bonds is 7. The van der Waals surface area contributed by atoms with E-state index in [2.05, 4.69) is 5.32 Å². The number of hydrogen-bond acceptors (Lipinski definition) is 5. The number of carbonyl (C=O) groups is 3. The van der Waals surface area contributed by atoms with Crippen LogP contribution in [0.4, 0.5) is 0 Å². The number of hydrogen-bond donors (Lipinski definition) is 1. The normalized spacial score (nSPS) is 11.8. The summed E-state index contributed by atoms with van der Waals surface area (Å²) in [6, 6.07) is 15.1. The van der Waals surface area contributed by atoms with Crippen LogP contribution in [0, 0.1) is 0 Å². The van der Waals surface area contributed by atoms with Crippen LogP contribution in [-0.4, -0.2) is 30.3 Å². The molecule has 1 amide bonds. The van der Waals surface area contributed by atoms with E-state index in [0.717, 1.165) is 5.56 Å². The molecule has 0 unspecified atom stereocenters. The van der Waals surface area contributed by atoms with E-state index in [1.54, 1.807) is 18.2 Å². The van der Waals surface area contributed by atoms with Crippen LogP contribution in [0.2, 0.25) is 5.02 Å². The molecule has 1 aromatic heterocycles. The lowest BCUT2D eigenvalue weighted by molar-refractivity contribution is -0.128. The summed E-state index contributed by atoms with van der Waals surface area (Å²) in [5.74, 6) is -1.55. The Morgan fingerprint density at radius 1 is 1.11 bits per heavy atom. The molecule has 6 nitrogen and oxygen atoms in total. The van der Waals surface area contributed by atoms with Crippen LogP contribution >= 0.6 is 11.6 Å². The number of ether oxygens (including phenoxy) is 1. The summed E-state index contributed by atoms with van der Waals surface area (Å²) in [5.41, 5.74) is 1.40. The monoisotopic (exact) mass is 399 g/mol. The highest BCUT2D eigenvalue weighted by Crippen LogP contribution is 2.23. The second-order valence-electron chi connectivity index (χ2n) is 6.29. The molecular weight excluding hydrogens is 382 g/mol. The number of Topliss-reactive ketones (excluding diaryl/α,β-unsaturated/α-hetero) is 1. The molecule has 0 spiro atoms. The van der Waals surface area contributed by atoms with Gasteiger partial charge in [-0.2, -0.15) is 0 Å². The summed E-state index contributed by atoms with van der Waals surface area (Å²) in [7, 11) is 0. The van der Waals surface area contributed by atoms with Crippen LogP contribution in [0.15, 0.2) is 59.0 Å². The minimum atomic E-state index is -0.773. The van der Waals surface area contributed by atoms with Gasteiger partial charge in [0.1, 0.15) is 5.58 Å². The standard InChI is InChI=1S/C21H18ClNO5/c1-13(24)17(9-14-5-3-2-4-6-14)23-20(25)12-27-21(26)19-11-15-10-16(22)7-8-18(15)28-19/h2-8,10-11,17H,9,12H2,1H3,(H,23,25)/t17-/m0/s1. The second-order valence-corrected chi connectivity index (χ2v) is 6.73. The first-order chi connectivity index (χ1) is 13.4. The zero-order chi connectivity index (χ0) is 20.1. The Kier molecular flexibility index (Phi) is 6.11. The molecule has 0 saturated carbocycles. The average molecular weight is 400 g/mol. The van der Waals surface area contributed by atoms with Crippen LogP contribution in [-0.2, 0) is 20.7 Å². The van der Waals surface area contributed by atoms with Crippen molar-refractivity contribution in [2.75, 3.05) is 6.61 Å². The predicted octanol–water partition coefficient (Wildman–Crippen LogP) is 3.56. The molecule has 28 heavy (non-hydrogen) atoms. The van der Waals surface area contributed by atoms with Crippen molar-refractivity contribution in [3.63, 3.8) is 0 Å². The van der Waals surface area contributed by atoms with Gasteiger partial charge in [0.2, 0.25) is 5.76 Å². The Morgan fingerprint density at radius 2 is 1.86 bits per heavy atom. The zero-order valence-corrected chi connectivity index (χ0v) is 15.9. The predicted molar refractivity (Wildman–Crippen MR) is 104 cm³/mol. The Hall–Kier alpha value is -3.12. The highest BCUT2D eigenvalue weighted by Gasteiger charge is 2.20. The molecule has 3 rings (SSSR count). The molecule has 1 heterocycles. The zero-order valence-electron chi connectivity index (χ0n) is 15.1. The van der Waals surface area contributed by atoms with Gasteiger partial charge in [0.25, 0.3) is 5.91 Å². The highest BCUT2D eigenvalue weighted by atomic mass is 35.5. The Labute approximate surface area is 166 Å². The summed E-state index contributed by atoms with van der Waals surface area (Å²) in [6.45, 7) is 0.884. The van der Waals surface area contributed by atoms with Crippen LogP contribution in [0.3, 0.4) is 0 Å². The van der Waals surface area contributed by atoms with Gasteiger partial charge in [-0.15, -0.1) is 0 Å². The van der Waals surface area contributed by atoms with E-state index in [1.807, 2.05) is 30.3 Å². The van der Waals surface area contributed by atoms with Crippen LogP contribution < -0.4 is 5.32 Å². The first-order valence-corrected chi connectivity index (χ1v) is 9.00. The molecule has 0 radical (unpaired) electrons. The van der Waals surface area contributed by atoms with Crippen molar-refractivity contribution < 1.29 is 23.5 Å². The Bertz CT molecular complexity index is 1010. The number of amides is 1. The van der Waals surface area contributed by atoms with E-state index in [4.69, 9.17) is 20.8 Å². The molecule has 0 saturated heterocycles. The van der Waals surface area contributed by atoms with Crippen molar-refractivity contribution >= 4 is 40.2 Å². The number of esters is 1. The van der Waals surface area contributed by atoms with Crippen LogP contribution in [0.25, 0.3) is 11.0 Å². The molecule has 1 atom stereocenters. The van der Waals surface area contributed by atoms with E-state index in [-0.39, 0.29) is 11.5 Å². The number of ketones is 1. The van der Waals surface area contributed by atoms with Gasteiger partial charge >= 0.3 is 5.97 Å². The molecule has 0 fully saturated rings. The lowest BCUT2D eigenvalue weighted by atomic mass is 10.0. The van der Waals surface area contributed by atoms with Crippen molar-refractivity contribution in [2.45, 2.75) is 19.4 Å². The maximum atomic E-state index is 12.1. The van der Waals surface area contributed by atoms with Gasteiger partial charge < -0.3 is 14.5 Å². The quantitative estimate of drug-likeness (QED) is 0.614. The van der Waals surface area contributed by atoms with Crippen molar-refractivity contribution in [3.05, 3.63) is 70.9 Å². The van der Waals surface area contributed by atoms with Gasteiger partial charge in [0.05, 0.1) is 6.04 Å². The summed E-state index contributed by atoms with van der Waals surface area (Å²) >= 11 is 5.90. The number of furan rings is 1. The molecule has 144 valence electrons. The molecule has 0 bridgehead atoms. The van der Waals surface area contributed by atoms with Crippen molar-refractivity contribution in [3.8, 4) is 0 Å². The summed E-state index contributed by atoms with van der Waals surface area (Å²) in [5, 5.41) is 3.76. The molecule has 3 aromatic rings. The third-order valence-electron chi connectivity index (χ3n) is 4.12. The molecule has 0 aliphatic heterocycles. The van der Waals surface area contributed by atoms with E-state index in [9.17, 15) is 14.4 Å². The first kappa shape index (κ1) is 19.6. The van der Waals surface area contributed by atoms with Crippen molar-refractivity contribution in [1.29, 1.82) is 0 Å². The number of nitrogens with one attached hydrogen (secondary N) is 1. The molecule has 0 aliphatic rings. The second kappa shape index (κ2) is 8.71. The Morgan fingerprint density at radius 3 is 2.57 bits per heavy atom. The summed E-state index contributed by atoms with van der Waals surface area (Å²) in [4.78, 5) is 36.1. The van der Waals surface area contributed by atoms with Gasteiger partial charge in [0.15, 0.2) is 12.4 Å². The van der Waals surface area contributed by atoms with Crippen LogP contribution in [0.5, 0.6) is 0 Å². The number of halogens is 1. The molecule has 7 heteroatoms. The molecular formula is C21H18ClNO5. The van der Waals surface area contributed by atoms with E-state index >= 15 is 0 Å². The van der Waals surface area contributed by atoms with Gasteiger partial charge in [-0.1, -0.05) is 41.9 Å². The van der Waals surface area contributed by atoms with Crippen LogP contribution in [0.1, 0.15) is 23.0 Å². The topological polar surface area (TPSA) is 85.6 Å².